The summed E-state index contributed by atoms with van der Waals surface area (Å²) in [6.45, 7) is 1.70. The molecule has 1 heterocycles. The molecular formula is C24H25NO5S2. The maximum atomic E-state index is 13.4. The van der Waals surface area contributed by atoms with Gasteiger partial charge in [-0.05, 0) is 55.5 Å². The highest BCUT2D eigenvalue weighted by Crippen LogP contribution is 2.34. The van der Waals surface area contributed by atoms with Crippen LogP contribution in [0.1, 0.15) is 30.2 Å². The van der Waals surface area contributed by atoms with Crippen molar-refractivity contribution in [2.45, 2.75) is 37.5 Å². The molecule has 1 aliphatic carbocycles. The molecule has 32 heavy (non-hydrogen) atoms. The number of ether oxygens (including phenoxy) is 1. The van der Waals surface area contributed by atoms with Crippen LogP contribution in [0.5, 0.6) is 0 Å². The minimum atomic E-state index is -4.01. The van der Waals surface area contributed by atoms with E-state index in [0.29, 0.717) is 17.0 Å². The van der Waals surface area contributed by atoms with Crippen molar-refractivity contribution < 1.29 is 17.9 Å². The van der Waals surface area contributed by atoms with E-state index in [9.17, 15) is 18.0 Å². The summed E-state index contributed by atoms with van der Waals surface area (Å²) in [4.78, 5) is 26.3. The average molecular weight is 472 g/mol. The van der Waals surface area contributed by atoms with Gasteiger partial charge in [-0.3, -0.25) is 13.9 Å². The van der Waals surface area contributed by atoms with Crippen LogP contribution in [-0.4, -0.2) is 28.0 Å². The maximum absolute atomic E-state index is 13.4. The number of methoxy groups -OCH3 is 1. The van der Waals surface area contributed by atoms with Crippen LogP contribution in [0, 0.1) is 5.92 Å². The number of carbonyl (C=O) groups is 1. The Kier molecular flexibility index (Phi) is 6.35. The Morgan fingerprint density at radius 1 is 1.19 bits per heavy atom. The lowest BCUT2D eigenvalue weighted by Crippen LogP contribution is -2.36. The summed E-state index contributed by atoms with van der Waals surface area (Å²) in [6, 6.07) is 12.9. The predicted octanol–water partition coefficient (Wildman–Crippen LogP) is 4.14. The van der Waals surface area contributed by atoms with Crippen LogP contribution < -0.4 is 9.73 Å². The number of sulfonamides is 1. The van der Waals surface area contributed by atoms with Crippen molar-refractivity contribution in [1.82, 2.24) is 0 Å². The minimum absolute atomic E-state index is 0.0280. The highest BCUT2D eigenvalue weighted by atomic mass is 32.2. The van der Waals surface area contributed by atoms with E-state index in [1.165, 1.54) is 19.2 Å². The molecule has 1 atom stereocenters. The number of anilines is 1. The quantitative estimate of drug-likeness (QED) is 0.505. The average Bonchev–Trinajstić information content (AvgIpc) is 2.82. The smallest absolute Gasteiger partial charge is 0.326 e. The number of esters is 1. The van der Waals surface area contributed by atoms with E-state index in [1.54, 1.807) is 47.7 Å². The summed E-state index contributed by atoms with van der Waals surface area (Å²) in [5.74, 6) is -0.109. The molecule has 0 fully saturated rings. The van der Waals surface area contributed by atoms with Gasteiger partial charge in [-0.15, -0.1) is 11.3 Å². The van der Waals surface area contributed by atoms with Crippen molar-refractivity contribution >= 4 is 43.1 Å². The van der Waals surface area contributed by atoms with Crippen LogP contribution in [0.2, 0.25) is 0 Å². The van der Waals surface area contributed by atoms with Crippen LogP contribution in [0.25, 0.3) is 10.1 Å². The number of carbonyl (C=O) groups excluding carboxylic acids is 1. The van der Waals surface area contributed by atoms with Gasteiger partial charge < -0.3 is 4.74 Å². The zero-order chi connectivity index (χ0) is 22.9. The fourth-order valence-electron chi connectivity index (χ4n) is 4.12. The number of benzene rings is 2. The molecular weight excluding hydrogens is 446 g/mol. The fourth-order valence-corrected chi connectivity index (χ4v) is 6.89. The lowest BCUT2D eigenvalue weighted by Gasteiger charge is -2.25. The molecule has 2 aromatic carbocycles. The molecule has 1 aliphatic rings. The van der Waals surface area contributed by atoms with Gasteiger partial charge in [0.2, 0.25) is 0 Å². The van der Waals surface area contributed by atoms with Crippen molar-refractivity contribution in [3.63, 3.8) is 0 Å². The first kappa shape index (κ1) is 22.5. The molecule has 0 N–H and O–H groups in total. The first-order valence-corrected chi connectivity index (χ1v) is 12.8. The van der Waals surface area contributed by atoms with Gasteiger partial charge in [-0.2, -0.15) is 0 Å². The van der Waals surface area contributed by atoms with Gasteiger partial charge in [-0.1, -0.05) is 31.5 Å². The number of fused-ring (bicyclic) bond motifs is 2. The van der Waals surface area contributed by atoms with Gasteiger partial charge in [0.25, 0.3) is 10.0 Å². The first-order valence-electron chi connectivity index (χ1n) is 10.6. The summed E-state index contributed by atoms with van der Waals surface area (Å²) >= 11 is 1.55. The van der Waals surface area contributed by atoms with Gasteiger partial charge in [0.15, 0.2) is 5.43 Å². The first-order chi connectivity index (χ1) is 15.3. The molecule has 1 aromatic heterocycles. The number of hydrogen-bond acceptors (Lipinski definition) is 6. The topological polar surface area (TPSA) is 80.8 Å². The predicted molar refractivity (Wildman–Crippen MR) is 127 cm³/mol. The largest absolute Gasteiger partial charge is 0.468 e. The van der Waals surface area contributed by atoms with E-state index >= 15 is 0 Å². The highest BCUT2D eigenvalue weighted by molar-refractivity contribution is 7.92. The van der Waals surface area contributed by atoms with E-state index in [0.717, 1.165) is 45.1 Å². The molecule has 6 nitrogen and oxygen atoms in total. The van der Waals surface area contributed by atoms with Crippen LogP contribution in [0.3, 0.4) is 0 Å². The molecule has 0 aliphatic heterocycles. The molecule has 8 heteroatoms. The van der Waals surface area contributed by atoms with Crippen molar-refractivity contribution in [3.05, 3.63) is 69.2 Å². The van der Waals surface area contributed by atoms with Gasteiger partial charge in [-0.25, -0.2) is 8.42 Å². The second-order valence-corrected chi connectivity index (χ2v) is 10.9. The molecule has 1 unspecified atom stereocenters. The van der Waals surface area contributed by atoms with E-state index < -0.39 is 22.5 Å². The normalized spacial score (nSPS) is 15.9. The molecule has 3 aromatic rings. The van der Waals surface area contributed by atoms with Crippen molar-refractivity contribution in [2.24, 2.45) is 5.92 Å². The molecule has 0 bridgehead atoms. The third-order valence-electron chi connectivity index (χ3n) is 6.03. The standard InChI is InChI=1S/C24H25NO5S2/c1-3-16-9-11-19-21(13-16)31-22-14-17(10-12-20(22)24(19)27)25(15-23(26)30-2)32(28,29)18-7-5-4-6-8-18/h4-8,10,12,14,16H,3,9,11,13,15H2,1-2H3. The summed E-state index contributed by atoms with van der Waals surface area (Å²) in [5, 5.41) is 0.586. The molecule has 0 spiro atoms. The molecule has 168 valence electrons. The summed E-state index contributed by atoms with van der Waals surface area (Å²) < 4.78 is 33.2. The molecule has 0 radical (unpaired) electrons. The zero-order valence-corrected chi connectivity index (χ0v) is 19.7. The second kappa shape index (κ2) is 9.03. The monoisotopic (exact) mass is 471 g/mol. The Bertz CT molecular complexity index is 1320. The van der Waals surface area contributed by atoms with Gasteiger partial charge in [0, 0.05) is 20.5 Å². The summed E-state index contributed by atoms with van der Waals surface area (Å²) in [7, 11) is -2.79. The molecule has 0 saturated heterocycles. The zero-order valence-electron chi connectivity index (χ0n) is 18.0. The number of hydrogen-bond donors (Lipinski definition) is 0. The van der Waals surface area contributed by atoms with Crippen LogP contribution >= 0.6 is 11.3 Å². The molecule has 4 rings (SSSR count). The maximum Gasteiger partial charge on any atom is 0.326 e. The third-order valence-corrected chi connectivity index (χ3v) is 9.03. The van der Waals surface area contributed by atoms with Crippen LogP contribution in [-0.2, 0) is 32.4 Å². The molecule has 0 saturated carbocycles. The van der Waals surface area contributed by atoms with Gasteiger partial charge in [0.05, 0.1) is 17.7 Å². The van der Waals surface area contributed by atoms with Crippen LogP contribution in [0.15, 0.2) is 58.2 Å². The van der Waals surface area contributed by atoms with E-state index in [1.807, 2.05) is 0 Å². The summed E-state index contributed by atoms with van der Waals surface area (Å²) in [6.07, 6.45) is 3.76. The highest BCUT2D eigenvalue weighted by Gasteiger charge is 2.28. The van der Waals surface area contributed by atoms with Crippen molar-refractivity contribution in [3.8, 4) is 0 Å². The SMILES string of the molecule is CCC1CCc2c(sc3cc(N(CC(=O)OC)S(=O)(=O)c4ccccc4)ccc3c2=O)C1. The number of rotatable bonds is 6. The Hall–Kier alpha value is -2.71. The Labute approximate surface area is 191 Å². The third kappa shape index (κ3) is 4.17. The summed E-state index contributed by atoms with van der Waals surface area (Å²) in [5.41, 5.74) is 1.24. The fraction of sp³-hybridized carbons (Fsp3) is 0.333. The van der Waals surface area contributed by atoms with Gasteiger partial charge >= 0.3 is 5.97 Å². The lowest BCUT2D eigenvalue weighted by atomic mass is 9.87. The Morgan fingerprint density at radius 3 is 2.62 bits per heavy atom. The van der Waals surface area contributed by atoms with E-state index in [2.05, 4.69) is 6.92 Å². The lowest BCUT2D eigenvalue weighted by molar-refractivity contribution is -0.138. The Morgan fingerprint density at radius 2 is 1.94 bits per heavy atom. The second-order valence-electron chi connectivity index (χ2n) is 7.93. The van der Waals surface area contributed by atoms with Crippen molar-refractivity contribution in [1.29, 1.82) is 0 Å². The molecule has 0 amide bonds. The van der Waals surface area contributed by atoms with Crippen LogP contribution in [0.4, 0.5) is 5.69 Å². The van der Waals surface area contributed by atoms with E-state index in [4.69, 9.17) is 4.74 Å². The van der Waals surface area contributed by atoms with Gasteiger partial charge in [0.1, 0.15) is 6.54 Å². The van der Waals surface area contributed by atoms with E-state index in [-0.39, 0.29) is 10.3 Å². The number of nitrogens with zero attached hydrogens (tertiary/aromatic N) is 1. The minimum Gasteiger partial charge on any atom is -0.468 e. The Balaban J connectivity index is 1.84. The van der Waals surface area contributed by atoms with Crippen molar-refractivity contribution in [2.75, 3.05) is 18.0 Å².